The van der Waals surface area contributed by atoms with Crippen LogP contribution in [0.1, 0.15) is 5.56 Å². The molecule has 116 valence electrons. The molecule has 0 fully saturated rings. The van der Waals surface area contributed by atoms with Gasteiger partial charge in [-0.2, -0.15) is 0 Å². The minimum atomic E-state index is 0.693. The first-order valence-electron chi connectivity index (χ1n) is 7.31. The molecule has 4 rings (SSSR count). The molecule has 0 saturated carbocycles. The van der Waals surface area contributed by atoms with Gasteiger partial charge < -0.3 is 14.6 Å². The lowest BCUT2D eigenvalue weighted by atomic mass is 10.2. The van der Waals surface area contributed by atoms with Gasteiger partial charge in [-0.1, -0.05) is 12.1 Å². The van der Waals surface area contributed by atoms with Gasteiger partial charge in [-0.15, -0.1) is 11.3 Å². The zero-order chi connectivity index (χ0) is 15.8. The average molecular weight is 324 g/mol. The summed E-state index contributed by atoms with van der Waals surface area (Å²) in [4.78, 5) is 9.24. The van der Waals surface area contributed by atoms with Crippen LogP contribution in [0.15, 0.2) is 42.0 Å². The maximum atomic E-state index is 5.19. The molecule has 3 aromatic heterocycles. The lowest BCUT2D eigenvalue weighted by Gasteiger charge is -2.08. The molecule has 0 bridgehead atoms. The molecule has 1 N–H and O–H groups in total. The van der Waals surface area contributed by atoms with Crippen LogP contribution in [-0.2, 0) is 13.6 Å². The quantitative estimate of drug-likeness (QED) is 0.620. The number of fused-ring (bicyclic) bond motifs is 3. The number of aromatic nitrogens is 3. The number of aryl methyl sites for hydroxylation is 1. The van der Waals surface area contributed by atoms with E-state index >= 15 is 0 Å². The molecular weight excluding hydrogens is 308 g/mol. The number of thiophene rings is 1. The molecule has 0 aliphatic heterocycles. The Labute approximate surface area is 137 Å². The molecule has 0 saturated heterocycles. The first-order chi connectivity index (χ1) is 11.3. The summed E-state index contributed by atoms with van der Waals surface area (Å²) in [6.07, 6.45) is 1.84. The van der Waals surface area contributed by atoms with Crippen LogP contribution in [0, 0.1) is 0 Å². The van der Waals surface area contributed by atoms with E-state index < -0.39 is 0 Å². The molecule has 0 spiro atoms. The zero-order valence-corrected chi connectivity index (χ0v) is 13.7. The Balaban J connectivity index is 1.69. The fourth-order valence-corrected chi connectivity index (χ4v) is 3.58. The van der Waals surface area contributed by atoms with Crippen LogP contribution in [0.5, 0.6) is 5.75 Å². The highest BCUT2D eigenvalue weighted by molar-refractivity contribution is 7.18. The second-order valence-corrected chi connectivity index (χ2v) is 6.27. The molecule has 0 unspecified atom stereocenters. The van der Waals surface area contributed by atoms with Crippen LogP contribution < -0.4 is 10.1 Å². The van der Waals surface area contributed by atoms with E-state index in [0.717, 1.165) is 28.1 Å². The summed E-state index contributed by atoms with van der Waals surface area (Å²) in [7, 11) is 3.69. The maximum absolute atomic E-state index is 5.19. The summed E-state index contributed by atoms with van der Waals surface area (Å²) in [5.41, 5.74) is 4.21. The largest absolute Gasteiger partial charge is 0.497 e. The van der Waals surface area contributed by atoms with Crippen LogP contribution >= 0.6 is 11.3 Å². The molecule has 6 heteroatoms. The predicted octanol–water partition coefficient (Wildman–Crippen LogP) is 3.80. The number of imidazole rings is 1. The lowest BCUT2D eigenvalue weighted by molar-refractivity contribution is 0.414. The van der Waals surface area contributed by atoms with Crippen molar-refractivity contribution in [3.05, 3.63) is 47.6 Å². The van der Waals surface area contributed by atoms with Gasteiger partial charge >= 0.3 is 0 Å². The van der Waals surface area contributed by atoms with Gasteiger partial charge in [0.25, 0.3) is 0 Å². The number of pyridine rings is 1. The Morgan fingerprint density at radius 2 is 2.04 bits per heavy atom. The van der Waals surface area contributed by atoms with Crippen molar-refractivity contribution in [2.75, 3.05) is 12.4 Å². The number of methoxy groups -OCH3 is 1. The molecule has 4 aromatic rings. The van der Waals surface area contributed by atoms with Crippen molar-refractivity contribution in [3.63, 3.8) is 0 Å². The minimum Gasteiger partial charge on any atom is -0.497 e. The molecule has 0 radical (unpaired) electrons. The number of hydrogen-bond donors (Lipinski definition) is 1. The van der Waals surface area contributed by atoms with Gasteiger partial charge in [0, 0.05) is 13.6 Å². The number of hydrogen-bond acceptors (Lipinski definition) is 5. The summed E-state index contributed by atoms with van der Waals surface area (Å²) in [6, 6.07) is 10.1. The van der Waals surface area contributed by atoms with Crippen LogP contribution in [0.4, 0.5) is 5.82 Å². The Kier molecular flexibility index (Phi) is 3.38. The van der Waals surface area contributed by atoms with Crippen molar-refractivity contribution in [3.8, 4) is 5.75 Å². The third kappa shape index (κ3) is 2.41. The molecule has 1 aromatic carbocycles. The number of nitrogens with one attached hydrogen (secondary N) is 1. The molecule has 0 aliphatic rings. The van der Waals surface area contributed by atoms with E-state index in [2.05, 4.69) is 20.2 Å². The monoisotopic (exact) mass is 324 g/mol. The van der Waals surface area contributed by atoms with Crippen molar-refractivity contribution in [2.45, 2.75) is 6.54 Å². The van der Waals surface area contributed by atoms with E-state index in [1.54, 1.807) is 18.4 Å². The highest BCUT2D eigenvalue weighted by Crippen LogP contribution is 2.31. The van der Waals surface area contributed by atoms with Gasteiger partial charge in [0.05, 0.1) is 29.2 Å². The second kappa shape index (κ2) is 5.55. The lowest BCUT2D eigenvalue weighted by Crippen LogP contribution is -2.02. The predicted molar refractivity (Wildman–Crippen MR) is 94.2 cm³/mol. The summed E-state index contributed by atoms with van der Waals surface area (Å²) in [5.74, 6) is 1.68. The first kappa shape index (κ1) is 14.0. The average Bonchev–Trinajstić information content (AvgIpc) is 3.19. The Bertz CT molecular complexity index is 972. The third-order valence-corrected chi connectivity index (χ3v) is 4.78. The number of benzene rings is 1. The number of ether oxygens (including phenoxy) is 1. The maximum Gasteiger partial charge on any atom is 0.155 e. The van der Waals surface area contributed by atoms with E-state index in [1.807, 2.05) is 43.7 Å². The van der Waals surface area contributed by atoms with Gasteiger partial charge in [-0.25, -0.2) is 9.97 Å². The van der Waals surface area contributed by atoms with Crippen LogP contribution in [0.25, 0.3) is 21.3 Å². The van der Waals surface area contributed by atoms with Gasteiger partial charge in [0.15, 0.2) is 5.82 Å². The van der Waals surface area contributed by atoms with Crippen molar-refractivity contribution in [1.82, 2.24) is 14.5 Å². The molecule has 0 amide bonds. The SMILES string of the molecule is COc1ccc(CNc2nc3ccsc3c3c2ncn3C)cc1. The van der Waals surface area contributed by atoms with E-state index in [1.165, 1.54) is 10.3 Å². The first-order valence-corrected chi connectivity index (χ1v) is 8.19. The Morgan fingerprint density at radius 1 is 1.22 bits per heavy atom. The molecule has 0 aliphatic carbocycles. The van der Waals surface area contributed by atoms with E-state index in [-0.39, 0.29) is 0 Å². The fourth-order valence-electron chi connectivity index (χ4n) is 2.66. The summed E-state index contributed by atoms with van der Waals surface area (Å²) >= 11 is 1.70. The molecular formula is C17H16N4OS. The minimum absolute atomic E-state index is 0.693. The summed E-state index contributed by atoms with van der Waals surface area (Å²) < 4.78 is 8.41. The van der Waals surface area contributed by atoms with Gasteiger partial charge in [-0.3, -0.25) is 0 Å². The van der Waals surface area contributed by atoms with E-state index in [4.69, 9.17) is 9.72 Å². The molecule has 0 atom stereocenters. The number of anilines is 1. The normalized spacial score (nSPS) is 11.2. The summed E-state index contributed by atoms with van der Waals surface area (Å²) in [6.45, 7) is 0.693. The zero-order valence-electron chi connectivity index (χ0n) is 12.9. The highest BCUT2D eigenvalue weighted by atomic mass is 32.1. The number of rotatable bonds is 4. The van der Waals surface area contributed by atoms with Crippen molar-refractivity contribution in [2.24, 2.45) is 7.05 Å². The topological polar surface area (TPSA) is 52.0 Å². The Morgan fingerprint density at radius 3 is 2.83 bits per heavy atom. The standard InChI is InChI=1S/C17H16N4OS/c1-21-10-19-14-15(21)16-13(7-8-23-16)20-17(14)18-9-11-3-5-12(22-2)6-4-11/h3-8,10H,9H2,1-2H3,(H,18,20). The third-order valence-electron chi connectivity index (χ3n) is 3.87. The molecule has 3 heterocycles. The fraction of sp³-hybridized carbons (Fsp3) is 0.176. The van der Waals surface area contributed by atoms with Crippen molar-refractivity contribution in [1.29, 1.82) is 0 Å². The van der Waals surface area contributed by atoms with E-state index in [9.17, 15) is 0 Å². The van der Waals surface area contributed by atoms with E-state index in [0.29, 0.717) is 6.54 Å². The van der Waals surface area contributed by atoms with Crippen LogP contribution in [-0.4, -0.2) is 21.6 Å². The summed E-state index contributed by atoms with van der Waals surface area (Å²) in [5, 5.41) is 5.48. The van der Waals surface area contributed by atoms with Gasteiger partial charge in [0.1, 0.15) is 11.3 Å². The highest BCUT2D eigenvalue weighted by Gasteiger charge is 2.13. The molecule has 23 heavy (non-hydrogen) atoms. The van der Waals surface area contributed by atoms with Crippen LogP contribution in [0.2, 0.25) is 0 Å². The van der Waals surface area contributed by atoms with Crippen molar-refractivity contribution >= 4 is 38.4 Å². The second-order valence-electron chi connectivity index (χ2n) is 5.35. The van der Waals surface area contributed by atoms with Gasteiger partial charge in [-0.05, 0) is 29.1 Å². The molecule has 5 nitrogen and oxygen atoms in total. The Hall–Kier alpha value is -2.60. The van der Waals surface area contributed by atoms with Gasteiger partial charge in [0.2, 0.25) is 0 Å². The van der Waals surface area contributed by atoms with Crippen LogP contribution in [0.3, 0.4) is 0 Å². The smallest absolute Gasteiger partial charge is 0.155 e. The number of nitrogens with zero attached hydrogens (tertiary/aromatic N) is 3. The van der Waals surface area contributed by atoms with Crippen molar-refractivity contribution < 1.29 is 4.74 Å².